The number of nitrogens with zero attached hydrogens (tertiary/aromatic N) is 1. The molecule has 5 heteroatoms. The van der Waals surface area contributed by atoms with Gasteiger partial charge < -0.3 is 9.47 Å². The molecule has 0 radical (unpaired) electrons. The Balaban J connectivity index is 1.66. The van der Waals surface area contributed by atoms with Gasteiger partial charge in [-0.1, -0.05) is 6.42 Å². The summed E-state index contributed by atoms with van der Waals surface area (Å²) < 4.78 is 24.0. The second-order valence-electron chi connectivity index (χ2n) is 6.41. The molecule has 2 aromatic rings. The van der Waals surface area contributed by atoms with Crippen LogP contribution in [0.3, 0.4) is 0 Å². The summed E-state index contributed by atoms with van der Waals surface area (Å²) >= 11 is 0. The molecule has 1 aromatic carbocycles. The van der Waals surface area contributed by atoms with E-state index < -0.39 is 5.97 Å². The number of pyridine rings is 1. The predicted molar refractivity (Wildman–Crippen MR) is 86.2 cm³/mol. The quantitative estimate of drug-likeness (QED) is 0.800. The van der Waals surface area contributed by atoms with Crippen LogP contribution in [0, 0.1) is 17.7 Å². The van der Waals surface area contributed by atoms with Crippen LogP contribution in [-0.2, 0) is 4.74 Å². The van der Waals surface area contributed by atoms with Crippen LogP contribution < -0.4 is 4.74 Å². The van der Waals surface area contributed by atoms with E-state index in [1.54, 1.807) is 24.3 Å². The van der Waals surface area contributed by atoms with Gasteiger partial charge in [-0.05, 0) is 37.1 Å². The molecule has 0 spiro atoms. The second kappa shape index (κ2) is 5.89. The summed E-state index contributed by atoms with van der Waals surface area (Å²) in [6, 6.07) is 9.42. The normalized spacial score (nSPS) is 24.3. The molecule has 1 aromatic heterocycles. The van der Waals surface area contributed by atoms with E-state index in [0.717, 1.165) is 5.56 Å². The number of carbonyl (C=O) groups excluding carboxylic acids is 1. The maximum absolute atomic E-state index is 13.1. The maximum Gasteiger partial charge on any atom is 0.356 e. The second-order valence-corrected chi connectivity index (χ2v) is 6.41. The van der Waals surface area contributed by atoms with Crippen molar-refractivity contribution in [3.63, 3.8) is 0 Å². The lowest BCUT2D eigenvalue weighted by atomic mass is 10.1. The van der Waals surface area contributed by atoms with Gasteiger partial charge in [-0.25, -0.2) is 14.2 Å². The minimum absolute atomic E-state index is 0.195. The molecule has 3 atom stereocenters. The third kappa shape index (κ3) is 2.75. The largest absolute Gasteiger partial charge is 0.490 e. The van der Waals surface area contributed by atoms with E-state index in [9.17, 15) is 9.18 Å². The average molecular weight is 327 g/mol. The first-order valence-electron chi connectivity index (χ1n) is 8.19. The number of benzene rings is 1. The third-order valence-corrected chi connectivity index (χ3v) is 4.93. The molecule has 1 unspecified atom stereocenters. The summed E-state index contributed by atoms with van der Waals surface area (Å²) in [7, 11) is 1.32. The van der Waals surface area contributed by atoms with Crippen LogP contribution in [-0.4, -0.2) is 24.2 Å². The summed E-state index contributed by atoms with van der Waals surface area (Å²) in [5.41, 5.74) is 1.49. The van der Waals surface area contributed by atoms with Crippen molar-refractivity contribution in [2.45, 2.75) is 25.4 Å². The molecule has 0 bridgehead atoms. The van der Waals surface area contributed by atoms with E-state index in [2.05, 4.69) is 4.98 Å². The van der Waals surface area contributed by atoms with Crippen LogP contribution in [0.15, 0.2) is 36.4 Å². The number of methoxy groups -OCH3 is 1. The highest BCUT2D eigenvalue weighted by molar-refractivity contribution is 5.88. The van der Waals surface area contributed by atoms with Gasteiger partial charge in [0.25, 0.3) is 0 Å². The van der Waals surface area contributed by atoms with Crippen molar-refractivity contribution in [3.05, 3.63) is 47.9 Å². The zero-order valence-corrected chi connectivity index (χ0v) is 13.4. The topological polar surface area (TPSA) is 48.4 Å². The number of aromatic nitrogens is 1. The summed E-state index contributed by atoms with van der Waals surface area (Å²) in [5.74, 6) is 1.08. The van der Waals surface area contributed by atoms with Crippen LogP contribution in [0.4, 0.5) is 4.39 Å². The lowest BCUT2D eigenvalue weighted by molar-refractivity contribution is 0.0593. The highest BCUT2D eigenvalue weighted by atomic mass is 19.1. The summed E-state index contributed by atoms with van der Waals surface area (Å²) in [6.45, 7) is 0. The molecule has 2 fully saturated rings. The molecule has 4 rings (SSSR count). The van der Waals surface area contributed by atoms with Crippen LogP contribution >= 0.6 is 0 Å². The smallest absolute Gasteiger partial charge is 0.356 e. The number of hydrogen-bond donors (Lipinski definition) is 0. The highest BCUT2D eigenvalue weighted by Gasteiger charge is 2.54. The Kier molecular flexibility index (Phi) is 3.71. The fourth-order valence-corrected chi connectivity index (χ4v) is 3.64. The van der Waals surface area contributed by atoms with Gasteiger partial charge in [0.15, 0.2) is 5.69 Å². The van der Waals surface area contributed by atoms with Gasteiger partial charge in [0.1, 0.15) is 17.7 Å². The SMILES string of the molecule is COC(=O)c1cc(OC2[C@H]3CCC[C@@H]23)cc(-c2ccc(F)cc2)n1. The fourth-order valence-electron chi connectivity index (χ4n) is 3.64. The third-order valence-electron chi connectivity index (χ3n) is 4.93. The Morgan fingerprint density at radius 1 is 1.17 bits per heavy atom. The Morgan fingerprint density at radius 2 is 1.88 bits per heavy atom. The van der Waals surface area contributed by atoms with Crippen molar-refractivity contribution in [1.82, 2.24) is 4.98 Å². The molecule has 0 saturated heterocycles. The van der Waals surface area contributed by atoms with Crippen LogP contribution in [0.2, 0.25) is 0 Å². The van der Waals surface area contributed by atoms with Crippen molar-refractivity contribution >= 4 is 5.97 Å². The first-order valence-corrected chi connectivity index (χ1v) is 8.19. The minimum atomic E-state index is -0.514. The molecule has 24 heavy (non-hydrogen) atoms. The van der Waals surface area contributed by atoms with E-state index in [4.69, 9.17) is 9.47 Å². The number of carbonyl (C=O) groups is 1. The molecule has 124 valence electrons. The lowest BCUT2D eigenvalue weighted by Gasteiger charge is -2.11. The zero-order chi connectivity index (χ0) is 16.7. The van der Waals surface area contributed by atoms with Crippen molar-refractivity contribution in [1.29, 1.82) is 0 Å². The Hall–Kier alpha value is -2.43. The van der Waals surface area contributed by atoms with Gasteiger partial charge in [0, 0.05) is 29.5 Å². The van der Waals surface area contributed by atoms with Crippen LogP contribution in [0.5, 0.6) is 5.75 Å². The van der Waals surface area contributed by atoms with E-state index in [1.807, 2.05) is 0 Å². The highest BCUT2D eigenvalue weighted by Crippen LogP contribution is 2.53. The summed E-state index contributed by atoms with van der Waals surface area (Å²) in [6.07, 6.45) is 3.96. The minimum Gasteiger partial charge on any atom is -0.490 e. The monoisotopic (exact) mass is 327 g/mol. The van der Waals surface area contributed by atoms with E-state index >= 15 is 0 Å². The van der Waals surface area contributed by atoms with Gasteiger partial charge in [0.05, 0.1) is 12.8 Å². The molecule has 0 amide bonds. The van der Waals surface area contributed by atoms with Crippen molar-refractivity contribution in [3.8, 4) is 17.0 Å². The lowest BCUT2D eigenvalue weighted by Crippen LogP contribution is -2.09. The van der Waals surface area contributed by atoms with E-state index in [-0.39, 0.29) is 17.6 Å². The number of fused-ring (bicyclic) bond motifs is 1. The standard InChI is InChI=1S/C19H18FNO3/c1-23-19(22)17-10-13(24-18-14-3-2-4-15(14)18)9-16(21-17)11-5-7-12(20)8-6-11/h5-10,14-15,18H,2-4H2,1H3/t14-,15+,18?. The van der Waals surface area contributed by atoms with Gasteiger partial charge in [0.2, 0.25) is 0 Å². The zero-order valence-electron chi connectivity index (χ0n) is 13.4. The first kappa shape index (κ1) is 15.1. The molecule has 0 aliphatic heterocycles. The molecule has 0 N–H and O–H groups in total. The summed E-state index contributed by atoms with van der Waals surface area (Å²) in [5, 5.41) is 0. The number of esters is 1. The number of rotatable bonds is 4. The Labute approximate surface area is 139 Å². The molecule has 2 aliphatic rings. The van der Waals surface area contributed by atoms with Gasteiger partial charge >= 0.3 is 5.97 Å². The maximum atomic E-state index is 13.1. The average Bonchev–Trinajstić information content (AvgIpc) is 3.03. The molecule has 1 heterocycles. The van der Waals surface area contributed by atoms with Crippen molar-refractivity contribution in [2.24, 2.45) is 11.8 Å². The molecule has 2 aliphatic carbocycles. The van der Waals surface area contributed by atoms with Crippen molar-refractivity contribution in [2.75, 3.05) is 7.11 Å². The Morgan fingerprint density at radius 3 is 2.54 bits per heavy atom. The fraction of sp³-hybridized carbons (Fsp3) is 0.368. The van der Waals surface area contributed by atoms with Gasteiger partial charge in [-0.15, -0.1) is 0 Å². The molecular weight excluding hydrogens is 309 g/mol. The van der Waals surface area contributed by atoms with E-state index in [0.29, 0.717) is 23.3 Å². The van der Waals surface area contributed by atoms with Crippen LogP contribution in [0.25, 0.3) is 11.3 Å². The van der Waals surface area contributed by atoms with Gasteiger partial charge in [-0.3, -0.25) is 0 Å². The van der Waals surface area contributed by atoms with E-state index in [1.165, 1.54) is 38.5 Å². The summed E-state index contributed by atoms with van der Waals surface area (Å²) in [4.78, 5) is 16.2. The van der Waals surface area contributed by atoms with Gasteiger partial charge in [-0.2, -0.15) is 0 Å². The molecule has 4 nitrogen and oxygen atoms in total. The number of halogens is 1. The van der Waals surface area contributed by atoms with Crippen molar-refractivity contribution < 1.29 is 18.7 Å². The first-order chi connectivity index (χ1) is 11.7. The number of hydrogen-bond acceptors (Lipinski definition) is 4. The predicted octanol–water partition coefficient (Wildman–Crippen LogP) is 3.85. The molecule has 2 saturated carbocycles. The number of ether oxygens (including phenoxy) is 2. The Bertz CT molecular complexity index is 765. The molecular formula is C19H18FNO3. The van der Waals surface area contributed by atoms with Crippen LogP contribution in [0.1, 0.15) is 29.8 Å².